The Morgan fingerprint density at radius 3 is 2.33 bits per heavy atom. The van der Waals surface area contributed by atoms with Crippen molar-refractivity contribution in [3.05, 3.63) is 0 Å². The molecule has 0 aromatic rings. The van der Waals surface area contributed by atoms with Crippen molar-refractivity contribution in [2.75, 3.05) is 13.3 Å². The first kappa shape index (κ1) is 14.6. The summed E-state index contributed by atoms with van der Waals surface area (Å²) in [5.41, 5.74) is 0. The van der Waals surface area contributed by atoms with Crippen LogP contribution in [-0.2, 0) is 18.7 Å². The van der Waals surface area contributed by atoms with E-state index in [4.69, 9.17) is 13.9 Å². The molecule has 1 atom stereocenters. The van der Waals surface area contributed by atoms with Gasteiger partial charge < -0.3 is 13.9 Å². The van der Waals surface area contributed by atoms with Gasteiger partial charge in [-0.1, -0.05) is 13.8 Å². The standard InChI is InChI=1S/C10H22O4Si/c1-6-9(11)14-10(7-2)13-8-15(4,5)12-3/h10H,6-8H2,1-5H3. The van der Waals surface area contributed by atoms with Gasteiger partial charge in [0.15, 0.2) is 0 Å². The Bertz CT molecular complexity index is 194. The van der Waals surface area contributed by atoms with Crippen molar-refractivity contribution >= 4 is 14.3 Å². The van der Waals surface area contributed by atoms with E-state index in [1.165, 1.54) is 0 Å². The van der Waals surface area contributed by atoms with E-state index in [1.54, 1.807) is 14.0 Å². The van der Waals surface area contributed by atoms with Gasteiger partial charge in [0, 0.05) is 20.0 Å². The smallest absolute Gasteiger partial charge is 0.307 e. The van der Waals surface area contributed by atoms with E-state index in [2.05, 4.69) is 13.1 Å². The summed E-state index contributed by atoms with van der Waals surface area (Å²) in [4.78, 5) is 11.1. The number of ether oxygens (including phenoxy) is 2. The van der Waals surface area contributed by atoms with Crippen molar-refractivity contribution in [3.63, 3.8) is 0 Å². The highest BCUT2D eigenvalue weighted by Crippen LogP contribution is 2.08. The highest BCUT2D eigenvalue weighted by Gasteiger charge is 2.23. The summed E-state index contributed by atoms with van der Waals surface area (Å²) in [7, 11) is -0.0420. The molecule has 0 aromatic carbocycles. The fraction of sp³-hybridized carbons (Fsp3) is 0.900. The molecule has 0 spiro atoms. The molecule has 90 valence electrons. The lowest BCUT2D eigenvalue weighted by Gasteiger charge is -2.23. The molecular weight excluding hydrogens is 212 g/mol. The Hall–Kier alpha value is -0.393. The Labute approximate surface area is 93.0 Å². The molecule has 0 N–H and O–H groups in total. The predicted molar refractivity (Wildman–Crippen MR) is 60.9 cm³/mol. The largest absolute Gasteiger partial charge is 0.436 e. The third-order valence-corrected chi connectivity index (χ3v) is 4.02. The lowest BCUT2D eigenvalue weighted by atomic mass is 10.4. The van der Waals surface area contributed by atoms with E-state index in [0.29, 0.717) is 19.1 Å². The van der Waals surface area contributed by atoms with Crippen molar-refractivity contribution in [2.24, 2.45) is 0 Å². The van der Waals surface area contributed by atoms with Gasteiger partial charge in [0.1, 0.15) is 0 Å². The number of carbonyl (C=O) groups excluding carboxylic acids is 1. The lowest BCUT2D eigenvalue weighted by Crippen LogP contribution is -2.38. The maximum absolute atomic E-state index is 11.1. The third kappa shape index (κ3) is 6.65. The molecule has 0 aliphatic rings. The van der Waals surface area contributed by atoms with Crippen molar-refractivity contribution in [1.82, 2.24) is 0 Å². The first-order valence-corrected chi connectivity index (χ1v) is 8.43. The van der Waals surface area contributed by atoms with Crippen molar-refractivity contribution in [3.8, 4) is 0 Å². The second kappa shape index (κ2) is 6.98. The number of esters is 1. The van der Waals surface area contributed by atoms with Crippen LogP contribution in [0.2, 0.25) is 13.1 Å². The molecule has 0 aliphatic heterocycles. The van der Waals surface area contributed by atoms with Gasteiger partial charge in [0.05, 0.1) is 6.23 Å². The van der Waals surface area contributed by atoms with Crippen LogP contribution < -0.4 is 0 Å². The maximum Gasteiger partial charge on any atom is 0.307 e. The lowest BCUT2D eigenvalue weighted by molar-refractivity contribution is -0.176. The first-order valence-electron chi connectivity index (χ1n) is 5.31. The van der Waals surface area contributed by atoms with Gasteiger partial charge in [0.25, 0.3) is 0 Å². The van der Waals surface area contributed by atoms with Gasteiger partial charge in [-0.05, 0) is 13.1 Å². The zero-order chi connectivity index (χ0) is 11.9. The fourth-order valence-electron chi connectivity index (χ4n) is 0.818. The van der Waals surface area contributed by atoms with Crippen LogP contribution in [0.15, 0.2) is 0 Å². The molecule has 5 heteroatoms. The molecule has 0 heterocycles. The Morgan fingerprint density at radius 1 is 1.33 bits per heavy atom. The van der Waals surface area contributed by atoms with Crippen molar-refractivity contribution in [1.29, 1.82) is 0 Å². The van der Waals surface area contributed by atoms with E-state index in [-0.39, 0.29) is 5.97 Å². The van der Waals surface area contributed by atoms with E-state index >= 15 is 0 Å². The molecule has 0 saturated heterocycles. The molecule has 0 rings (SSSR count). The van der Waals surface area contributed by atoms with Gasteiger partial charge in [0.2, 0.25) is 14.6 Å². The molecule has 0 fully saturated rings. The van der Waals surface area contributed by atoms with Crippen LogP contribution in [0.1, 0.15) is 26.7 Å². The van der Waals surface area contributed by atoms with Gasteiger partial charge in [-0.3, -0.25) is 4.79 Å². The van der Waals surface area contributed by atoms with Crippen LogP contribution in [0.3, 0.4) is 0 Å². The summed E-state index contributed by atoms with van der Waals surface area (Å²) in [6, 6.07) is 0. The summed E-state index contributed by atoms with van der Waals surface area (Å²) < 4.78 is 15.9. The minimum absolute atomic E-state index is 0.223. The highest BCUT2D eigenvalue weighted by atomic mass is 28.4. The quantitative estimate of drug-likeness (QED) is 0.384. The SMILES string of the molecule is CCC(=O)OC(CC)OC[Si](C)(C)OC. The molecule has 0 amide bonds. The number of rotatable bonds is 7. The molecule has 0 aliphatic carbocycles. The molecule has 4 nitrogen and oxygen atoms in total. The van der Waals surface area contributed by atoms with Crippen LogP contribution >= 0.6 is 0 Å². The third-order valence-electron chi connectivity index (χ3n) is 2.05. The minimum atomic E-state index is -1.73. The van der Waals surface area contributed by atoms with Crippen LogP contribution in [0.5, 0.6) is 0 Å². The van der Waals surface area contributed by atoms with Crippen LogP contribution in [0.25, 0.3) is 0 Å². The van der Waals surface area contributed by atoms with Crippen LogP contribution in [0.4, 0.5) is 0 Å². The average Bonchev–Trinajstić information content (AvgIpc) is 2.23. The molecule has 1 unspecified atom stereocenters. The van der Waals surface area contributed by atoms with E-state index < -0.39 is 14.6 Å². The van der Waals surface area contributed by atoms with E-state index in [1.807, 2.05) is 6.92 Å². The zero-order valence-electron chi connectivity index (χ0n) is 10.3. The average molecular weight is 234 g/mol. The molecule has 15 heavy (non-hydrogen) atoms. The van der Waals surface area contributed by atoms with Crippen molar-refractivity contribution < 1.29 is 18.7 Å². The predicted octanol–water partition coefficient (Wildman–Crippen LogP) is 2.08. The summed E-state index contributed by atoms with van der Waals surface area (Å²) in [6.07, 6.45) is 1.16. The normalized spacial score (nSPS) is 13.7. The Morgan fingerprint density at radius 2 is 1.93 bits per heavy atom. The molecule has 0 saturated carbocycles. The van der Waals surface area contributed by atoms with Crippen molar-refractivity contribution in [2.45, 2.75) is 46.1 Å². The molecular formula is C10H22O4Si. The van der Waals surface area contributed by atoms with E-state index in [0.717, 1.165) is 0 Å². The number of hydrogen-bond donors (Lipinski definition) is 0. The molecule has 0 bridgehead atoms. The summed E-state index contributed by atoms with van der Waals surface area (Å²) in [6.45, 7) is 7.81. The monoisotopic (exact) mass is 234 g/mol. The maximum atomic E-state index is 11.1. The van der Waals surface area contributed by atoms with Gasteiger partial charge in [-0.2, -0.15) is 0 Å². The summed E-state index contributed by atoms with van der Waals surface area (Å²) in [5, 5.41) is 0. The minimum Gasteiger partial charge on any atom is -0.436 e. The molecule has 0 radical (unpaired) electrons. The topological polar surface area (TPSA) is 44.8 Å². The number of carbonyl (C=O) groups is 1. The zero-order valence-corrected chi connectivity index (χ0v) is 11.3. The second-order valence-corrected chi connectivity index (χ2v) is 8.17. The molecule has 0 aromatic heterocycles. The van der Waals surface area contributed by atoms with Gasteiger partial charge in [-0.15, -0.1) is 0 Å². The Balaban J connectivity index is 3.95. The summed E-state index contributed by atoms with van der Waals surface area (Å²) >= 11 is 0. The van der Waals surface area contributed by atoms with Crippen LogP contribution in [0, 0.1) is 0 Å². The van der Waals surface area contributed by atoms with E-state index in [9.17, 15) is 4.79 Å². The van der Waals surface area contributed by atoms with Crippen LogP contribution in [-0.4, -0.2) is 33.9 Å². The fourth-order valence-corrected chi connectivity index (χ4v) is 1.52. The van der Waals surface area contributed by atoms with Gasteiger partial charge in [-0.25, -0.2) is 0 Å². The van der Waals surface area contributed by atoms with Gasteiger partial charge >= 0.3 is 5.97 Å². The highest BCUT2D eigenvalue weighted by molar-refractivity contribution is 6.71. The number of hydrogen-bond acceptors (Lipinski definition) is 4. The second-order valence-electron chi connectivity index (χ2n) is 3.96. The first-order chi connectivity index (χ1) is 6.95. The Kier molecular flexibility index (Phi) is 6.79. The summed E-state index contributed by atoms with van der Waals surface area (Å²) in [5.74, 6) is -0.223.